The molecule has 0 saturated heterocycles. The molecule has 3 aliphatic carbocycles. The van der Waals surface area contributed by atoms with Gasteiger partial charge < -0.3 is 15.5 Å². The number of hydrogen-bond donors (Lipinski definition) is 2. The minimum absolute atomic E-state index is 0.0816. The Balaban J connectivity index is 0.000000967. The zero-order valence-corrected chi connectivity index (χ0v) is 24.9. The van der Waals surface area contributed by atoms with Gasteiger partial charge in [-0.25, -0.2) is 0 Å². The van der Waals surface area contributed by atoms with Crippen molar-refractivity contribution in [3.8, 4) is 5.75 Å². The molecule has 4 nitrogen and oxygen atoms in total. The van der Waals surface area contributed by atoms with Crippen LogP contribution in [0.4, 0.5) is 0 Å². The van der Waals surface area contributed by atoms with Gasteiger partial charge in [0.05, 0.1) is 6.10 Å². The Kier molecular flexibility index (Phi) is 10.6. The van der Waals surface area contributed by atoms with Crippen LogP contribution in [0, 0.1) is 23.2 Å². The quantitative estimate of drug-likeness (QED) is 0.275. The van der Waals surface area contributed by atoms with Crippen molar-refractivity contribution >= 4 is 18.8 Å². The number of phenols is 1. The predicted octanol–water partition coefficient (Wildman–Crippen LogP) is 7.74. The van der Waals surface area contributed by atoms with Gasteiger partial charge in [0, 0.05) is 11.9 Å². The van der Waals surface area contributed by atoms with Gasteiger partial charge in [0.1, 0.15) is 5.75 Å². The molecule has 6 atom stereocenters. The van der Waals surface area contributed by atoms with Crippen molar-refractivity contribution in [2.24, 2.45) is 23.2 Å². The summed E-state index contributed by atoms with van der Waals surface area (Å²) in [6.45, 7) is 4.00. The number of aromatic nitrogens is 1. The number of aliphatic hydroxyl groups excluding tert-OH is 1. The molecular weight excluding hydrogens is 674 g/mol. The molecule has 2 aromatic rings. The molecule has 1 aromatic heterocycles. The van der Waals surface area contributed by atoms with Crippen molar-refractivity contribution in [1.82, 2.24) is 4.98 Å². The van der Waals surface area contributed by atoms with E-state index in [-0.39, 0.29) is 11.5 Å². The van der Waals surface area contributed by atoms with E-state index in [9.17, 15) is 10.2 Å². The third-order valence-corrected chi connectivity index (χ3v) is 9.22. The molecule has 202 valence electrons. The van der Waals surface area contributed by atoms with Crippen LogP contribution >= 0.6 is 18.8 Å². The molecule has 0 aliphatic heterocycles. The SMILES string of the molecule is C[C@]12CCC3c4ccc(O)cc4CCC3C1CC(CCCCC[N-]Cc1ccccn1)[C@@H]2O.[Cl][Pt][Cl]. The maximum atomic E-state index is 11.4. The summed E-state index contributed by atoms with van der Waals surface area (Å²) in [4.78, 5) is 4.33. The number of aliphatic hydroxyl groups is 1. The number of benzene rings is 1. The molecule has 2 fully saturated rings. The Bertz CT molecular complexity index is 966. The molecule has 0 spiro atoms. The molecular formula is C29H39Cl2N2O2Pt-. The number of halogens is 2. The fraction of sp³-hybridized carbons (Fsp3) is 0.621. The van der Waals surface area contributed by atoms with Gasteiger partial charge in [-0.05, 0) is 103 Å². The third kappa shape index (κ3) is 6.49. The second-order valence-corrected chi connectivity index (χ2v) is 14.4. The normalized spacial score (nSPS) is 30.6. The monoisotopic (exact) mass is 712 g/mol. The first-order chi connectivity index (χ1) is 17.5. The fourth-order valence-electron chi connectivity index (χ4n) is 7.49. The van der Waals surface area contributed by atoms with E-state index in [0.29, 0.717) is 36.0 Å². The summed E-state index contributed by atoms with van der Waals surface area (Å²) < 4.78 is 0. The second-order valence-electron chi connectivity index (χ2n) is 11.1. The second kappa shape index (κ2) is 13.4. The van der Waals surface area contributed by atoms with Gasteiger partial charge >= 0.3 is 35.3 Å². The first-order valence-electron chi connectivity index (χ1n) is 13.3. The Hall–Kier alpha value is -0.642. The van der Waals surface area contributed by atoms with E-state index < -0.39 is 16.5 Å². The average molecular weight is 714 g/mol. The Morgan fingerprint density at radius 2 is 1.97 bits per heavy atom. The molecule has 7 heteroatoms. The summed E-state index contributed by atoms with van der Waals surface area (Å²) in [7, 11) is 9.75. The fourth-order valence-corrected chi connectivity index (χ4v) is 7.49. The topological polar surface area (TPSA) is 67.5 Å². The summed E-state index contributed by atoms with van der Waals surface area (Å²) in [5.74, 6) is 2.77. The summed E-state index contributed by atoms with van der Waals surface area (Å²) in [5, 5.41) is 25.9. The van der Waals surface area contributed by atoms with Crippen LogP contribution in [0.3, 0.4) is 0 Å². The molecule has 3 aliphatic rings. The van der Waals surface area contributed by atoms with Crippen molar-refractivity contribution < 1.29 is 26.7 Å². The van der Waals surface area contributed by atoms with Crippen LogP contribution in [-0.2, 0) is 29.4 Å². The molecule has 36 heavy (non-hydrogen) atoms. The Morgan fingerprint density at radius 1 is 1.14 bits per heavy atom. The predicted molar refractivity (Wildman–Crippen MR) is 144 cm³/mol. The minimum atomic E-state index is -0.472. The van der Waals surface area contributed by atoms with Crippen molar-refractivity contribution in [1.29, 1.82) is 0 Å². The van der Waals surface area contributed by atoms with Crippen LogP contribution in [0.15, 0.2) is 42.6 Å². The van der Waals surface area contributed by atoms with E-state index in [1.165, 1.54) is 43.2 Å². The number of unbranched alkanes of at least 4 members (excludes halogenated alkanes) is 2. The Labute approximate surface area is 233 Å². The van der Waals surface area contributed by atoms with Gasteiger partial charge in [-0.2, -0.15) is 0 Å². The first kappa shape index (κ1) is 28.4. The molecule has 0 bridgehead atoms. The number of phenolic OH excluding ortho intramolecular Hbond substituents is 1. The molecule has 0 radical (unpaired) electrons. The van der Waals surface area contributed by atoms with E-state index in [4.69, 9.17) is 18.8 Å². The van der Waals surface area contributed by atoms with Crippen molar-refractivity contribution in [2.75, 3.05) is 6.54 Å². The van der Waals surface area contributed by atoms with Crippen LogP contribution in [0.1, 0.15) is 81.0 Å². The molecule has 2 N–H and O–H groups in total. The van der Waals surface area contributed by atoms with Crippen LogP contribution in [0.25, 0.3) is 5.32 Å². The van der Waals surface area contributed by atoms with Gasteiger partial charge in [-0.1, -0.05) is 38.3 Å². The van der Waals surface area contributed by atoms with Crippen molar-refractivity contribution in [3.05, 3.63) is 64.7 Å². The molecule has 4 unspecified atom stereocenters. The summed E-state index contributed by atoms with van der Waals surface area (Å²) in [5.41, 5.74) is 3.95. The van der Waals surface area contributed by atoms with E-state index >= 15 is 0 Å². The summed E-state index contributed by atoms with van der Waals surface area (Å²) in [6, 6.07) is 12.0. The molecule has 1 heterocycles. The van der Waals surface area contributed by atoms with Gasteiger partial charge in [-0.3, -0.25) is 4.98 Å². The van der Waals surface area contributed by atoms with Crippen LogP contribution in [0.2, 0.25) is 0 Å². The van der Waals surface area contributed by atoms with E-state index in [2.05, 4.69) is 23.3 Å². The zero-order valence-electron chi connectivity index (χ0n) is 21.1. The van der Waals surface area contributed by atoms with E-state index in [1.54, 1.807) is 0 Å². The number of nitrogens with zero attached hydrogens (tertiary/aromatic N) is 2. The number of fused-ring (bicyclic) bond motifs is 5. The Morgan fingerprint density at radius 3 is 2.75 bits per heavy atom. The van der Waals surface area contributed by atoms with Crippen LogP contribution in [0.5, 0.6) is 5.75 Å². The number of rotatable bonds is 8. The third-order valence-electron chi connectivity index (χ3n) is 9.22. The van der Waals surface area contributed by atoms with Crippen molar-refractivity contribution in [3.63, 3.8) is 0 Å². The zero-order chi connectivity index (χ0) is 25.5. The molecule has 5 rings (SSSR count). The summed E-state index contributed by atoms with van der Waals surface area (Å²) >= 11 is -0.472. The molecule has 1 aromatic carbocycles. The van der Waals surface area contributed by atoms with Crippen LogP contribution < -0.4 is 0 Å². The summed E-state index contributed by atoms with van der Waals surface area (Å²) in [6.07, 6.45) is 12.1. The van der Waals surface area contributed by atoms with Gasteiger partial charge in [0.15, 0.2) is 0 Å². The number of hydrogen-bond acceptors (Lipinski definition) is 3. The van der Waals surface area contributed by atoms with Crippen molar-refractivity contribution in [2.45, 2.75) is 83.3 Å². The molecule has 0 amide bonds. The first-order valence-corrected chi connectivity index (χ1v) is 19.0. The molecule has 2 saturated carbocycles. The van der Waals surface area contributed by atoms with E-state index in [0.717, 1.165) is 37.9 Å². The number of aryl methyl sites for hydroxylation is 1. The maximum absolute atomic E-state index is 11.4. The van der Waals surface area contributed by atoms with E-state index in [1.807, 2.05) is 36.5 Å². The standard InChI is InChI=1S/C29H39N2O2.2ClH.Pt/c1-29-14-13-25-24-12-10-23(32)17-20(24)9-11-26(25)27(29)18-21(28(29)33)7-3-2-5-15-30-19-22-8-4-6-16-31-22;;;/h4,6,8,10,12,16-17,21,25-28,32-33H,2-3,5,7,9,11,13-15,18-19H2,1H3;2*1H;/q-1;;;+2/p-2/t21?,25?,26?,27?,28-,29-;;;/m0.../s1. The van der Waals surface area contributed by atoms with Gasteiger partial charge in [0.2, 0.25) is 0 Å². The van der Waals surface area contributed by atoms with Crippen LogP contribution in [-0.4, -0.2) is 27.8 Å². The average Bonchev–Trinajstić information content (AvgIpc) is 3.14. The number of aromatic hydroxyl groups is 1. The van der Waals surface area contributed by atoms with Gasteiger partial charge in [-0.15, -0.1) is 13.1 Å². The number of pyridine rings is 1. The van der Waals surface area contributed by atoms with Gasteiger partial charge in [0.25, 0.3) is 0 Å².